The molecule has 0 unspecified atom stereocenters. The maximum atomic E-state index is 12.5. The monoisotopic (exact) mass is 358 g/mol. The minimum Gasteiger partial charge on any atom is -0.459 e. The predicted octanol–water partition coefficient (Wildman–Crippen LogP) is 3.61. The summed E-state index contributed by atoms with van der Waals surface area (Å²) < 4.78 is 6.35. The third-order valence-corrected chi connectivity index (χ3v) is 4.45. The van der Waals surface area contributed by atoms with Crippen LogP contribution in [0, 0.1) is 0 Å². The third-order valence-electron chi connectivity index (χ3n) is 3.38. The summed E-state index contributed by atoms with van der Waals surface area (Å²) in [6.07, 6.45) is 0.905. The SMILES string of the molecule is CC(C)(C)OC(=O)[C@@]1(c2ccc(Br)cc2)C[C@]1(Cl)C=O. The van der Waals surface area contributed by atoms with Gasteiger partial charge in [-0.3, -0.25) is 4.79 Å². The standard InChI is InChI=1S/C15H16BrClO3/c1-13(2,3)20-12(19)15(8-14(15,17)9-18)10-4-6-11(16)7-5-10/h4-7,9H,8H2,1-3H3/t14-,15-/m0/s1. The molecule has 1 aromatic carbocycles. The number of alkyl halides is 1. The molecule has 2 atom stereocenters. The minimum absolute atomic E-state index is 0.265. The Labute approximate surface area is 131 Å². The fourth-order valence-electron chi connectivity index (χ4n) is 2.29. The molecular weight excluding hydrogens is 344 g/mol. The summed E-state index contributed by atoms with van der Waals surface area (Å²) >= 11 is 9.61. The average molecular weight is 360 g/mol. The van der Waals surface area contributed by atoms with Crippen molar-refractivity contribution in [2.75, 3.05) is 0 Å². The summed E-state index contributed by atoms with van der Waals surface area (Å²) in [5.41, 5.74) is -0.996. The first-order valence-electron chi connectivity index (χ1n) is 6.29. The summed E-state index contributed by atoms with van der Waals surface area (Å²) in [6.45, 7) is 5.37. The van der Waals surface area contributed by atoms with Gasteiger partial charge in [0.2, 0.25) is 0 Å². The molecule has 108 valence electrons. The number of rotatable bonds is 3. The minimum atomic E-state index is -1.21. The molecule has 0 bridgehead atoms. The van der Waals surface area contributed by atoms with E-state index < -0.39 is 21.9 Å². The molecule has 2 rings (SSSR count). The zero-order valence-electron chi connectivity index (χ0n) is 11.6. The van der Waals surface area contributed by atoms with Crippen LogP contribution in [-0.2, 0) is 19.7 Å². The van der Waals surface area contributed by atoms with E-state index in [4.69, 9.17) is 16.3 Å². The van der Waals surface area contributed by atoms with Gasteiger partial charge in [-0.15, -0.1) is 11.6 Å². The van der Waals surface area contributed by atoms with Gasteiger partial charge in [0.05, 0.1) is 0 Å². The lowest BCUT2D eigenvalue weighted by Gasteiger charge is -2.25. The summed E-state index contributed by atoms with van der Waals surface area (Å²) in [5.74, 6) is -0.450. The first-order chi connectivity index (χ1) is 9.14. The Balaban J connectivity index is 2.41. The maximum Gasteiger partial charge on any atom is 0.319 e. The van der Waals surface area contributed by atoms with Crippen LogP contribution in [0.5, 0.6) is 0 Å². The average Bonchev–Trinajstić information content (AvgIpc) is 2.97. The van der Waals surface area contributed by atoms with Crippen molar-refractivity contribution in [1.82, 2.24) is 0 Å². The molecule has 0 spiro atoms. The van der Waals surface area contributed by atoms with Crippen LogP contribution in [0.1, 0.15) is 32.8 Å². The number of carbonyl (C=O) groups excluding carboxylic acids is 2. The Morgan fingerprint density at radius 2 is 1.90 bits per heavy atom. The maximum absolute atomic E-state index is 12.5. The molecular formula is C15H16BrClO3. The number of hydrogen-bond acceptors (Lipinski definition) is 3. The van der Waals surface area contributed by atoms with Gasteiger partial charge in [0, 0.05) is 4.47 Å². The molecule has 0 aliphatic heterocycles. The van der Waals surface area contributed by atoms with Gasteiger partial charge < -0.3 is 9.53 Å². The second kappa shape index (κ2) is 4.85. The second-order valence-corrected chi connectivity index (χ2v) is 7.66. The van der Waals surface area contributed by atoms with Crippen LogP contribution in [0.4, 0.5) is 0 Å². The largest absolute Gasteiger partial charge is 0.459 e. The van der Waals surface area contributed by atoms with E-state index in [9.17, 15) is 9.59 Å². The number of ether oxygens (including phenoxy) is 1. The Morgan fingerprint density at radius 3 is 2.30 bits per heavy atom. The first kappa shape index (κ1) is 15.5. The van der Waals surface area contributed by atoms with Gasteiger partial charge in [-0.1, -0.05) is 28.1 Å². The molecule has 1 fully saturated rings. The molecule has 3 nitrogen and oxygen atoms in total. The van der Waals surface area contributed by atoms with Crippen molar-refractivity contribution < 1.29 is 14.3 Å². The van der Waals surface area contributed by atoms with E-state index >= 15 is 0 Å². The van der Waals surface area contributed by atoms with E-state index in [-0.39, 0.29) is 6.42 Å². The Kier molecular flexibility index (Phi) is 3.76. The van der Waals surface area contributed by atoms with Crippen molar-refractivity contribution in [1.29, 1.82) is 0 Å². The molecule has 0 heterocycles. The van der Waals surface area contributed by atoms with Crippen LogP contribution in [0.2, 0.25) is 0 Å². The molecule has 1 aromatic rings. The predicted molar refractivity (Wildman–Crippen MR) is 80.9 cm³/mol. The van der Waals surface area contributed by atoms with Crippen LogP contribution in [0.25, 0.3) is 0 Å². The van der Waals surface area contributed by atoms with Crippen LogP contribution in [0.15, 0.2) is 28.7 Å². The number of aldehydes is 1. The number of esters is 1. The van der Waals surface area contributed by atoms with E-state index in [2.05, 4.69) is 15.9 Å². The first-order valence-corrected chi connectivity index (χ1v) is 7.46. The van der Waals surface area contributed by atoms with E-state index in [1.54, 1.807) is 32.9 Å². The van der Waals surface area contributed by atoms with E-state index in [0.29, 0.717) is 11.8 Å². The summed E-state index contributed by atoms with van der Waals surface area (Å²) in [4.78, 5) is 22.6. The zero-order valence-corrected chi connectivity index (χ0v) is 13.9. The fourth-order valence-corrected chi connectivity index (χ4v) is 2.94. The fraction of sp³-hybridized carbons (Fsp3) is 0.467. The highest BCUT2D eigenvalue weighted by atomic mass is 79.9. The van der Waals surface area contributed by atoms with Gasteiger partial charge in [0.15, 0.2) is 0 Å². The summed E-state index contributed by atoms with van der Waals surface area (Å²) in [5, 5.41) is 0. The molecule has 5 heteroatoms. The molecule has 0 aromatic heterocycles. The van der Waals surface area contributed by atoms with Crippen molar-refractivity contribution in [3.8, 4) is 0 Å². The lowest BCUT2D eigenvalue weighted by molar-refractivity contribution is -0.158. The molecule has 1 saturated carbocycles. The third kappa shape index (κ3) is 2.51. The van der Waals surface area contributed by atoms with Crippen LogP contribution in [0.3, 0.4) is 0 Å². The van der Waals surface area contributed by atoms with Gasteiger partial charge in [-0.2, -0.15) is 0 Å². The van der Waals surface area contributed by atoms with Crippen LogP contribution >= 0.6 is 27.5 Å². The van der Waals surface area contributed by atoms with Crippen LogP contribution in [-0.4, -0.2) is 22.7 Å². The topological polar surface area (TPSA) is 43.4 Å². The van der Waals surface area contributed by atoms with E-state index in [1.807, 2.05) is 12.1 Å². The summed E-state index contributed by atoms with van der Waals surface area (Å²) in [7, 11) is 0. The highest BCUT2D eigenvalue weighted by Gasteiger charge is 2.74. The van der Waals surface area contributed by atoms with E-state index in [1.165, 1.54) is 0 Å². The molecule has 20 heavy (non-hydrogen) atoms. The number of halogens is 2. The van der Waals surface area contributed by atoms with Crippen molar-refractivity contribution in [2.45, 2.75) is 43.1 Å². The Hall–Kier alpha value is -0.870. The quantitative estimate of drug-likeness (QED) is 0.470. The van der Waals surface area contributed by atoms with Crippen molar-refractivity contribution >= 4 is 39.8 Å². The zero-order chi connectivity index (χ0) is 15.2. The molecule has 0 N–H and O–H groups in total. The summed E-state index contributed by atoms with van der Waals surface area (Å²) in [6, 6.07) is 7.23. The second-order valence-electron chi connectivity index (χ2n) is 6.07. The number of carbonyl (C=O) groups is 2. The lowest BCUT2D eigenvalue weighted by Crippen LogP contribution is -2.36. The molecule has 0 amide bonds. The molecule has 0 radical (unpaired) electrons. The molecule has 1 aliphatic rings. The van der Waals surface area contributed by atoms with Gasteiger partial charge in [-0.25, -0.2) is 0 Å². The Bertz CT molecular complexity index is 549. The van der Waals surface area contributed by atoms with E-state index in [0.717, 1.165) is 4.47 Å². The molecule has 0 saturated heterocycles. The lowest BCUT2D eigenvalue weighted by atomic mass is 9.93. The highest BCUT2D eigenvalue weighted by molar-refractivity contribution is 9.10. The normalized spacial score (nSPS) is 28.9. The van der Waals surface area contributed by atoms with Crippen molar-refractivity contribution in [3.63, 3.8) is 0 Å². The molecule has 1 aliphatic carbocycles. The van der Waals surface area contributed by atoms with Gasteiger partial charge >= 0.3 is 5.97 Å². The van der Waals surface area contributed by atoms with Crippen molar-refractivity contribution in [2.24, 2.45) is 0 Å². The van der Waals surface area contributed by atoms with Crippen LogP contribution < -0.4 is 0 Å². The number of hydrogen-bond donors (Lipinski definition) is 0. The highest BCUT2D eigenvalue weighted by Crippen LogP contribution is 2.62. The smallest absolute Gasteiger partial charge is 0.319 e. The number of benzene rings is 1. The Morgan fingerprint density at radius 1 is 1.35 bits per heavy atom. The van der Waals surface area contributed by atoms with Gasteiger partial charge in [-0.05, 0) is 44.9 Å². The van der Waals surface area contributed by atoms with Gasteiger partial charge in [0.1, 0.15) is 22.2 Å². The van der Waals surface area contributed by atoms with Gasteiger partial charge in [0.25, 0.3) is 0 Å². The van der Waals surface area contributed by atoms with Crippen molar-refractivity contribution in [3.05, 3.63) is 34.3 Å².